The lowest BCUT2D eigenvalue weighted by molar-refractivity contribution is -0.141. The number of carboxylic acid groups (broad SMARTS) is 1. The fourth-order valence-corrected chi connectivity index (χ4v) is 1.60. The molecule has 2 atom stereocenters. The minimum atomic E-state index is -0.767. The monoisotopic (exact) mass is 173 g/mol. The molecule has 1 N–H and O–H groups in total. The lowest BCUT2D eigenvalue weighted by Gasteiger charge is -2.34. The molecule has 0 spiro atoms. The summed E-state index contributed by atoms with van der Waals surface area (Å²) in [5.41, 5.74) is 0. The van der Waals surface area contributed by atoms with E-state index in [0.717, 1.165) is 13.1 Å². The summed E-state index contributed by atoms with van der Waals surface area (Å²) in [6.45, 7) is 5.49. The lowest BCUT2D eigenvalue weighted by atomic mass is 10.2. The largest absolute Gasteiger partial charge is 0.480 e. The van der Waals surface area contributed by atoms with Crippen LogP contribution in [-0.4, -0.2) is 47.8 Å². The molecule has 0 saturated carbocycles. The molecule has 2 unspecified atom stereocenters. The van der Waals surface area contributed by atoms with Crippen molar-refractivity contribution in [3.63, 3.8) is 0 Å². The molecular weight excluding hydrogens is 158 g/mol. The van der Waals surface area contributed by atoms with Crippen LogP contribution in [0.2, 0.25) is 0 Å². The summed E-state index contributed by atoms with van der Waals surface area (Å²) in [5.74, 6) is -0.767. The average molecular weight is 173 g/mol. The first kappa shape index (κ1) is 9.48. The quantitative estimate of drug-likeness (QED) is 0.647. The zero-order chi connectivity index (χ0) is 9.14. The van der Waals surface area contributed by atoms with Gasteiger partial charge >= 0.3 is 5.97 Å². The highest BCUT2D eigenvalue weighted by molar-refractivity contribution is 5.69. The van der Waals surface area contributed by atoms with E-state index in [1.807, 2.05) is 18.7 Å². The molecule has 4 heteroatoms. The molecule has 1 saturated heterocycles. The second kappa shape index (κ2) is 3.87. The summed E-state index contributed by atoms with van der Waals surface area (Å²) in [6, 6.07) is 0. The van der Waals surface area contributed by atoms with Gasteiger partial charge in [0.2, 0.25) is 0 Å². The van der Waals surface area contributed by atoms with Gasteiger partial charge in [0.05, 0.1) is 18.8 Å². The molecule has 1 heterocycles. The van der Waals surface area contributed by atoms with Crippen molar-refractivity contribution in [2.24, 2.45) is 0 Å². The Bertz CT molecular complexity index is 162. The Kier molecular flexibility index (Phi) is 3.05. The van der Waals surface area contributed by atoms with Crippen molar-refractivity contribution in [2.75, 3.05) is 19.6 Å². The number of hydrogen-bond donors (Lipinski definition) is 1. The van der Waals surface area contributed by atoms with Gasteiger partial charge < -0.3 is 9.84 Å². The standard InChI is InChI=1S/C8H15NO3/c1-6-3-9(5-8(10)11)4-7(2)12-6/h6-7H,3-5H2,1-2H3,(H,10,11). The van der Waals surface area contributed by atoms with Gasteiger partial charge in [-0.1, -0.05) is 0 Å². The highest BCUT2D eigenvalue weighted by atomic mass is 16.5. The van der Waals surface area contributed by atoms with Crippen LogP contribution >= 0.6 is 0 Å². The number of rotatable bonds is 2. The highest BCUT2D eigenvalue weighted by Gasteiger charge is 2.23. The molecule has 0 aromatic carbocycles. The van der Waals surface area contributed by atoms with Crippen LogP contribution in [-0.2, 0) is 9.53 Å². The number of hydrogen-bond acceptors (Lipinski definition) is 3. The molecule has 70 valence electrons. The summed E-state index contributed by atoms with van der Waals surface area (Å²) >= 11 is 0. The van der Waals surface area contributed by atoms with Gasteiger partial charge in [-0.15, -0.1) is 0 Å². The van der Waals surface area contributed by atoms with Crippen molar-refractivity contribution in [1.29, 1.82) is 0 Å². The van der Waals surface area contributed by atoms with Crippen molar-refractivity contribution >= 4 is 5.97 Å². The third-order valence-electron chi connectivity index (χ3n) is 1.85. The lowest BCUT2D eigenvalue weighted by Crippen LogP contribution is -2.47. The maximum atomic E-state index is 10.4. The number of carbonyl (C=O) groups is 1. The Labute approximate surface area is 72.1 Å². The minimum absolute atomic E-state index is 0.123. The van der Waals surface area contributed by atoms with Gasteiger partial charge in [0.1, 0.15) is 0 Å². The molecule has 0 radical (unpaired) electrons. The first-order valence-corrected chi connectivity index (χ1v) is 4.17. The number of ether oxygens (including phenoxy) is 1. The van der Waals surface area contributed by atoms with Crippen LogP contribution < -0.4 is 0 Å². The maximum Gasteiger partial charge on any atom is 0.317 e. The van der Waals surface area contributed by atoms with Gasteiger partial charge in [-0.25, -0.2) is 0 Å². The normalized spacial score (nSPS) is 31.8. The molecule has 0 aromatic rings. The number of carboxylic acids is 1. The average Bonchev–Trinajstić information content (AvgIpc) is 1.81. The van der Waals surface area contributed by atoms with Crippen LogP contribution in [0.15, 0.2) is 0 Å². The molecule has 0 bridgehead atoms. The molecule has 0 aliphatic carbocycles. The smallest absolute Gasteiger partial charge is 0.317 e. The van der Waals surface area contributed by atoms with Gasteiger partial charge in [0.25, 0.3) is 0 Å². The molecule has 1 aliphatic heterocycles. The highest BCUT2D eigenvalue weighted by Crippen LogP contribution is 2.09. The third-order valence-corrected chi connectivity index (χ3v) is 1.85. The van der Waals surface area contributed by atoms with Crippen molar-refractivity contribution < 1.29 is 14.6 Å². The molecule has 0 amide bonds. The number of nitrogens with zero attached hydrogens (tertiary/aromatic N) is 1. The summed E-state index contributed by atoms with van der Waals surface area (Å²) < 4.78 is 5.46. The van der Waals surface area contributed by atoms with E-state index in [-0.39, 0.29) is 18.8 Å². The zero-order valence-corrected chi connectivity index (χ0v) is 7.49. The molecule has 0 aromatic heterocycles. The summed E-state index contributed by atoms with van der Waals surface area (Å²) in [4.78, 5) is 12.3. The van der Waals surface area contributed by atoms with Gasteiger partial charge in [-0.2, -0.15) is 0 Å². The van der Waals surface area contributed by atoms with E-state index in [4.69, 9.17) is 9.84 Å². The van der Waals surface area contributed by atoms with E-state index in [1.54, 1.807) is 0 Å². The SMILES string of the molecule is CC1CN(CC(=O)O)CC(C)O1. The Morgan fingerprint density at radius 1 is 1.50 bits per heavy atom. The molecule has 4 nitrogen and oxygen atoms in total. The van der Waals surface area contributed by atoms with Crippen molar-refractivity contribution in [3.05, 3.63) is 0 Å². The molecular formula is C8H15NO3. The maximum absolute atomic E-state index is 10.4. The Balaban J connectivity index is 2.38. The van der Waals surface area contributed by atoms with Crippen LogP contribution in [0.5, 0.6) is 0 Å². The topological polar surface area (TPSA) is 49.8 Å². The van der Waals surface area contributed by atoms with Gasteiger partial charge in [0, 0.05) is 13.1 Å². The fourth-order valence-electron chi connectivity index (χ4n) is 1.60. The van der Waals surface area contributed by atoms with Crippen LogP contribution in [0.3, 0.4) is 0 Å². The second-order valence-corrected chi connectivity index (χ2v) is 3.35. The number of morpholine rings is 1. The second-order valence-electron chi connectivity index (χ2n) is 3.35. The predicted molar refractivity (Wildman–Crippen MR) is 44.1 cm³/mol. The van der Waals surface area contributed by atoms with E-state index >= 15 is 0 Å². The number of aliphatic carboxylic acids is 1. The van der Waals surface area contributed by atoms with E-state index < -0.39 is 5.97 Å². The molecule has 1 aliphatic rings. The summed E-state index contributed by atoms with van der Waals surface area (Å²) in [6.07, 6.45) is 0.293. The van der Waals surface area contributed by atoms with E-state index in [9.17, 15) is 4.79 Å². The Morgan fingerprint density at radius 2 is 2.00 bits per heavy atom. The zero-order valence-electron chi connectivity index (χ0n) is 7.49. The fraction of sp³-hybridized carbons (Fsp3) is 0.875. The van der Waals surface area contributed by atoms with E-state index in [2.05, 4.69) is 0 Å². The predicted octanol–water partition coefficient (Wildman–Crippen LogP) is 0.180. The van der Waals surface area contributed by atoms with Crippen LogP contribution in [0.4, 0.5) is 0 Å². The molecule has 1 fully saturated rings. The van der Waals surface area contributed by atoms with Crippen molar-refractivity contribution in [1.82, 2.24) is 4.90 Å². The summed E-state index contributed by atoms with van der Waals surface area (Å²) in [5, 5.41) is 8.56. The van der Waals surface area contributed by atoms with Crippen molar-refractivity contribution in [3.8, 4) is 0 Å². The first-order chi connectivity index (χ1) is 5.58. The third kappa shape index (κ3) is 2.79. The van der Waals surface area contributed by atoms with Gasteiger partial charge in [0.15, 0.2) is 0 Å². The first-order valence-electron chi connectivity index (χ1n) is 4.17. The van der Waals surface area contributed by atoms with Crippen LogP contribution in [0.25, 0.3) is 0 Å². The Morgan fingerprint density at radius 3 is 2.42 bits per heavy atom. The minimum Gasteiger partial charge on any atom is -0.480 e. The van der Waals surface area contributed by atoms with E-state index in [1.165, 1.54) is 0 Å². The van der Waals surface area contributed by atoms with Crippen LogP contribution in [0, 0.1) is 0 Å². The van der Waals surface area contributed by atoms with Crippen molar-refractivity contribution in [2.45, 2.75) is 26.1 Å². The van der Waals surface area contributed by atoms with E-state index in [0.29, 0.717) is 0 Å². The summed E-state index contributed by atoms with van der Waals surface area (Å²) in [7, 11) is 0. The van der Waals surface area contributed by atoms with Gasteiger partial charge in [-0.05, 0) is 13.8 Å². The molecule has 1 rings (SSSR count). The molecule has 12 heavy (non-hydrogen) atoms. The van der Waals surface area contributed by atoms with Gasteiger partial charge in [-0.3, -0.25) is 9.69 Å². The van der Waals surface area contributed by atoms with Crippen LogP contribution in [0.1, 0.15) is 13.8 Å². The Hall–Kier alpha value is -0.610.